The first-order chi connectivity index (χ1) is 9.47. The molecule has 0 aliphatic heterocycles. The van der Waals surface area contributed by atoms with Gasteiger partial charge in [0.05, 0.1) is 17.6 Å². The molecule has 1 aromatic rings. The standard InChI is InChI=1S/C13H14BrF2NO3/c14-7-13(3-1-2-4-13)8-20-12-6-9(15)11(17(18)19)5-10(12)16/h5-6H,1-4,7-8H2. The molecular formula is C13H14BrF2NO3. The van der Waals surface area contributed by atoms with Crippen LogP contribution in [-0.2, 0) is 0 Å². The van der Waals surface area contributed by atoms with Crippen LogP contribution >= 0.6 is 15.9 Å². The van der Waals surface area contributed by atoms with E-state index in [1.807, 2.05) is 0 Å². The fourth-order valence-corrected chi connectivity index (χ4v) is 3.16. The summed E-state index contributed by atoms with van der Waals surface area (Å²) in [7, 11) is 0. The van der Waals surface area contributed by atoms with E-state index < -0.39 is 22.2 Å². The van der Waals surface area contributed by atoms with E-state index in [4.69, 9.17) is 4.74 Å². The highest BCUT2D eigenvalue weighted by Gasteiger charge is 2.34. The van der Waals surface area contributed by atoms with Gasteiger partial charge in [-0.3, -0.25) is 10.1 Å². The minimum absolute atomic E-state index is 0.0648. The Morgan fingerprint density at radius 1 is 1.30 bits per heavy atom. The first-order valence-electron chi connectivity index (χ1n) is 6.30. The molecule has 0 aromatic heterocycles. The maximum Gasteiger partial charge on any atom is 0.307 e. The van der Waals surface area contributed by atoms with Crippen molar-refractivity contribution < 1.29 is 18.4 Å². The molecule has 7 heteroatoms. The number of benzene rings is 1. The van der Waals surface area contributed by atoms with E-state index in [0.717, 1.165) is 37.1 Å². The molecule has 0 unspecified atom stereocenters. The van der Waals surface area contributed by atoms with Crippen LogP contribution in [-0.4, -0.2) is 16.9 Å². The molecule has 0 heterocycles. The number of nitrogens with zero attached hydrogens (tertiary/aromatic N) is 1. The fraction of sp³-hybridized carbons (Fsp3) is 0.538. The van der Waals surface area contributed by atoms with Crippen molar-refractivity contribution in [3.63, 3.8) is 0 Å². The SMILES string of the molecule is O=[N+]([O-])c1cc(F)c(OCC2(CBr)CCCC2)cc1F. The van der Waals surface area contributed by atoms with Crippen molar-refractivity contribution in [3.8, 4) is 5.75 Å². The Balaban J connectivity index is 2.14. The molecule has 110 valence electrons. The summed E-state index contributed by atoms with van der Waals surface area (Å²) >= 11 is 3.43. The summed E-state index contributed by atoms with van der Waals surface area (Å²) in [4.78, 5) is 9.54. The Morgan fingerprint density at radius 2 is 1.95 bits per heavy atom. The molecule has 0 N–H and O–H groups in total. The molecule has 0 radical (unpaired) electrons. The molecule has 1 fully saturated rings. The van der Waals surface area contributed by atoms with Crippen LogP contribution in [0.1, 0.15) is 25.7 Å². The minimum Gasteiger partial charge on any atom is -0.490 e. The summed E-state index contributed by atoms with van der Waals surface area (Å²) < 4.78 is 32.5. The van der Waals surface area contributed by atoms with Crippen molar-refractivity contribution in [2.45, 2.75) is 25.7 Å². The second-order valence-electron chi connectivity index (χ2n) is 5.12. The van der Waals surface area contributed by atoms with E-state index in [2.05, 4.69) is 15.9 Å². The van der Waals surface area contributed by atoms with Crippen LogP contribution in [0.4, 0.5) is 14.5 Å². The predicted octanol–water partition coefficient (Wildman–Crippen LogP) is 4.21. The number of hydrogen-bond donors (Lipinski definition) is 0. The second-order valence-corrected chi connectivity index (χ2v) is 5.68. The topological polar surface area (TPSA) is 52.4 Å². The van der Waals surface area contributed by atoms with Gasteiger partial charge in [0, 0.05) is 16.8 Å². The molecular weight excluding hydrogens is 336 g/mol. The van der Waals surface area contributed by atoms with Crippen molar-refractivity contribution >= 4 is 21.6 Å². The quantitative estimate of drug-likeness (QED) is 0.454. The molecule has 0 saturated heterocycles. The maximum absolute atomic E-state index is 13.7. The molecule has 1 aliphatic carbocycles. The number of nitro groups is 1. The minimum atomic E-state index is -1.09. The Labute approximate surface area is 123 Å². The van der Waals surface area contributed by atoms with Crippen LogP contribution in [0.25, 0.3) is 0 Å². The lowest BCUT2D eigenvalue weighted by molar-refractivity contribution is -0.387. The van der Waals surface area contributed by atoms with Crippen molar-refractivity contribution in [3.05, 3.63) is 33.9 Å². The number of nitro benzene ring substituents is 1. The van der Waals surface area contributed by atoms with E-state index in [-0.39, 0.29) is 17.8 Å². The van der Waals surface area contributed by atoms with Gasteiger partial charge in [0.1, 0.15) is 0 Å². The van der Waals surface area contributed by atoms with Gasteiger partial charge in [-0.15, -0.1) is 0 Å². The van der Waals surface area contributed by atoms with Crippen LogP contribution < -0.4 is 4.74 Å². The summed E-state index contributed by atoms with van der Waals surface area (Å²) in [6, 6.07) is 1.30. The molecule has 1 aromatic carbocycles. The largest absolute Gasteiger partial charge is 0.490 e. The first-order valence-corrected chi connectivity index (χ1v) is 7.42. The Hall–Kier alpha value is -1.24. The lowest BCUT2D eigenvalue weighted by Gasteiger charge is -2.26. The van der Waals surface area contributed by atoms with Gasteiger partial charge in [-0.1, -0.05) is 28.8 Å². The summed E-state index contributed by atoms with van der Waals surface area (Å²) in [5.41, 5.74) is -0.948. The van der Waals surface area contributed by atoms with Crippen LogP contribution in [0, 0.1) is 27.2 Å². The molecule has 1 aliphatic rings. The molecule has 0 bridgehead atoms. The number of rotatable bonds is 5. The average Bonchev–Trinajstić information content (AvgIpc) is 2.88. The Kier molecular flexibility index (Phi) is 4.57. The molecule has 20 heavy (non-hydrogen) atoms. The highest BCUT2D eigenvalue weighted by molar-refractivity contribution is 9.09. The first kappa shape index (κ1) is 15.2. The summed E-state index contributed by atoms with van der Waals surface area (Å²) in [5.74, 6) is -2.29. The van der Waals surface area contributed by atoms with Gasteiger partial charge in [0.15, 0.2) is 11.6 Å². The van der Waals surface area contributed by atoms with Gasteiger partial charge in [0.2, 0.25) is 5.82 Å². The van der Waals surface area contributed by atoms with E-state index in [9.17, 15) is 18.9 Å². The Bertz CT molecular complexity index is 519. The number of ether oxygens (including phenoxy) is 1. The van der Waals surface area contributed by atoms with Gasteiger partial charge in [-0.2, -0.15) is 4.39 Å². The van der Waals surface area contributed by atoms with Gasteiger partial charge in [-0.05, 0) is 12.8 Å². The van der Waals surface area contributed by atoms with E-state index in [0.29, 0.717) is 6.07 Å². The van der Waals surface area contributed by atoms with Gasteiger partial charge >= 0.3 is 5.69 Å². The predicted molar refractivity (Wildman–Crippen MR) is 73.2 cm³/mol. The highest BCUT2D eigenvalue weighted by Crippen LogP contribution is 2.40. The van der Waals surface area contributed by atoms with E-state index in [1.165, 1.54) is 0 Å². The zero-order valence-corrected chi connectivity index (χ0v) is 12.3. The van der Waals surface area contributed by atoms with Crippen molar-refractivity contribution in [2.75, 3.05) is 11.9 Å². The van der Waals surface area contributed by atoms with Crippen molar-refractivity contribution in [1.82, 2.24) is 0 Å². The van der Waals surface area contributed by atoms with Crippen LogP contribution in [0.3, 0.4) is 0 Å². The number of hydrogen-bond acceptors (Lipinski definition) is 3. The molecule has 0 atom stereocenters. The van der Waals surface area contributed by atoms with E-state index >= 15 is 0 Å². The third-order valence-electron chi connectivity index (χ3n) is 3.68. The second kappa shape index (κ2) is 6.03. The fourth-order valence-electron chi connectivity index (χ4n) is 2.44. The molecule has 4 nitrogen and oxygen atoms in total. The number of alkyl halides is 1. The van der Waals surface area contributed by atoms with Gasteiger partial charge in [0.25, 0.3) is 0 Å². The maximum atomic E-state index is 13.7. The average molecular weight is 350 g/mol. The van der Waals surface area contributed by atoms with Crippen LogP contribution in [0.15, 0.2) is 12.1 Å². The van der Waals surface area contributed by atoms with Gasteiger partial charge < -0.3 is 4.74 Å². The molecule has 0 amide bonds. The zero-order chi connectivity index (χ0) is 14.8. The van der Waals surface area contributed by atoms with E-state index in [1.54, 1.807) is 0 Å². The third-order valence-corrected chi connectivity index (χ3v) is 4.87. The molecule has 1 saturated carbocycles. The highest BCUT2D eigenvalue weighted by atomic mass is 79.9. The van der Waals surface area contributed by atoms with Crippen molar-refractivity contribution in [2.24, 2.45) is 5.41 Å². The number of halogens is 3. The Morgan fingerprint density at radius 3 is 2.50 bits per heavy atom. The normalized spacial score (nSPS) is 17.1. The lowest BCUT2D eigenvalue weighted by atomic mass is 9.90. The third kappa shape index (κ3) is 3.08. The monoisotopic (exact) mass is 349 g/mol. The molecule has 0 spiro atoms. The summed E-state index contributed by atoms with van der Waals surface area (Å²) in [6.07, 6.45) is 4.11. The lowest BCUT2D eigenvalue weighted by Crippen LogP contribution is -2.27. The zero-order valence-electron chi connectivity index (χ0n) is 10.7. The van der Waals surface area contributed by atoms with Crippen LogP contribution in [0.5, 0.6) is 5.75 Å². The van der Waals surface area contributed by atoms with Crippen molar-refractivity contribution in [1.29, 1.82) is 0 Å². The summed E-state index contributed by atoms with van der Waals surface area (Å²) in [6.45, 7) is 0.270. The summed E-state index contributed by atoms with van der Waals surface area (Å²) in [5, 5.41) is 11.2. The molecule has 2 rings (SSSR count). The smallest absolute Gasteiger partial charge is 0.307 e. The van der Waals surface area contributed by atoms with Crippen LogP contribution in [0.2, 0.25) is 0 Å². The van der Waals surface area contributed by atoms with Gasteiger partial charge in [-0.25, -0.2) is 4.39 Å².